The lowest BCUT2D eigenvalue weighted by Crippen LogP contribution is -2.51. The van der Waals surface area contributed by atoms with Crippen LogP contribution in [0.25, 0.3) is 11.3 Å². The molecule has 3 atom stereocenters. The summed E-state index contributed by atoms with van der Waals surface area (Å²) in [5.41, 5.74) is 5.89. The number of hydrogen-bond acceptors (Lipinski definition) is 7. The van der Waals surface area contributed by atoms with Crippen molar-refractivity contribution in [3.05, 3.63) is 60.2 Å². The van der Waals surface area contributed by atoms with Crippen LogP contribution in [0, 0.1) is 0 Å². The Hall–Kier alpha value is -3.13. The van der Waals surface area contributed by atoms with Crippen molar-refractivity contribution in [2.45, 2.75) is 29.6 Å². The molecular weight excluding hydrogens is 485 g/mol. The number of aromatic nitrogens is 3. The number of alkyl halides is 3. The van der Waals surface area contributed by atoms with E-state index in [1.807, 2.05) is 0 Å². The summed E-state index contributed by atoms with van der Waals surface area (Å²) < 4.78 is 54.4. The van der Waals surface area contributed by atoms with Gasteiger partial charge < -0.3 is 25.3 Å². The molecule has 1 unspecified atom stereocenters. The molecule has 4 rings (SSSR count). The van der Waals surface area contributed by atoms with Gasteiger partial charge in [-0.25, -0.2) is 9.97 Å². The highest BCUT2D eigenvalue weighted by Crippen LogP contribution is 2.30. The van der Waals surface area contributed by atoms with Gasteiger partial charge in [0, 0.05) is 25.4 Å². The lowest BCUT2D eigenvalue weighted by molar-refractivity contribution is -0.137. The van der Waals surface area contributed by atoms with E-state index in [0.29, 0.717) is 23.6 Å². The molecule has 0 bridgehead atoms. The van der Waals surface area contributed by atoms with Gasteiger partial charge in [-0.3, -0.25) is 4.79 Å². The molecule has 4 N–H and O–H groups in total. The molecule has 3 heterocycles. The van der Waals surface area contributed by atoms with Crippen molar-refractivity contribution < 1.29 is 27.6 Å². The van der Waals surface area contributed by atoms with Crippen LogP contribution < -0.4 is 11.1 Å². The second kappa shape index (κ2) is 9.85. The molecule has 3 aromatic rings. The average Bonchev–Trinajstić information content (AvgIpc) is 3.21. The van der Waals surface area contributed by atoms with Gasteiger partial charge >= 0.3 is 6.18 Å². The first kappa shape index (κ1) is 25.0. The van der Waals surface area contributed by atoms with Crippen LogP contribution in [-0.4, -0.2) is 59.6 Å². The normalized spacial score (nSPS) is 19.9. The van der Waals surface area contributed by atoms with Crippen molar-refractivity contribution in [3.63, 3.8) is 0 Å². The molecule has 9 nitrogen and oxygen atoms in total. The van der Waals surface area contributed by atoms with Crippen LogP contribution in [0.5, 0.6) is 0 Å². The number of primary amides is 1. The Morgan fingerprint density at radius 2 is 1.91 bits per heavy atom. The fraction of sp³-hybridized carbons (Fsp3) is 0.318. The van der Waals surface area contributed by atoms with E-state index in [1.165, 1.54) is 12.3 Å². The Morgan fingerprint density at radius 1 is 1.20 bits per heavy atom. The zero-order chi connectivity index (χ0) is 25.3. The van der Waals surface area contributed by atoms with Gasteiger partial charge in [-0.05, 0) is 42.8 Å². The number of nitrogens with two attached hydrogens (primary N) is 1. The second-order valence-electron chi connectivity index (χ2n) is 8.09. The van der Waals surface area contributed by atoms with E-state index in [1.54, 1.807) is 40.2 Å². The third-order valence-corrected chi connectivity index (χ3v) is 7.24. The topological polar surface area (TPSA) is 132 Å². The van der Waals surface area contributed by atoms with Crippen LogP contribution >= 0.6 is 0 Å². The Bertz CT molecular complexity index is 1190. The van der Waals surface area contributed by atoms with Crippen molar-refractivity contribution in [1.82, 2.24) is 18.8 Å². The number of pyridine rings is 1. The summed E-state index contributed by atoms with van der Waals surface area (Å²) in [5, 5.41) is 13.5. The number of imidazole rings is 1. The van der Waals surface area contributed by atoms with Gasteiger partial charge in [-0.15, -0.1) is 4.31 Å². The predicted octanol–water partition coefficient (Wildman–Crippen LogP) is 2.17. The molecule has 0 radical (unpaired) electrons. The number of benzene rings is 1. The standard InChI is InChI=1S/C22H23F3N6O3S/c1-30-17(11-28-21(30)20(26)33)13-2-5-15(6-3-13)35(34)31-9-8-16(18(32)12-31)29-19-7-4-14(10-27-19)22(23,24)25/h2-7,10-11,16,18,32H,8-9,12H2,1H3,(H2,26,33)(H,27,29)/t16-,18+,35?/m1/s1. The third-order valence-electron chi connectivity index (χ3n) is 5.76. The minimum Gasteiger partial charge on any atom is -0.593 e. The Morgan fingerprint density at radius 3 is 2.46 bits per heavy atom. The maximum atomic E-state index is 13.1. The first-order chi connectivity index (χ1) is 16.5. The van der Waals surface area contributed by atoms with Gasteiger partial charge in [0.1, 0.15) is 5.82 Å². The highest BCUT2D eigenvalue weighted by molar-refractivity contribution is 7.89. The van der Waals surface area contributed by atoms with E-state index in [-0.39, 0.29) is 18.2 Å². The quantitative estimate of drug-likeness (QED) is 0.435. The molecule has 1 fully saturated rings. The summed E-state index contributed by atoms with van der Waals surface area (Å²) in [6.07, 6.45) is -2.69. The van der Waals surface area contributed by atoms with Crippen LogP contribution in [0.4, 0.5) is 19.0 Å². The third kappa shape index (κ3) is 5.42. The van der Waals surface area contributed by atoms with Crippen molar-refractivity contribution in [1.29, 1.82) is 0 Å². The number of amides is 1. The average molecular weight is 509 g/mol. The van der Waals surface area contributed by atoms with Crippen LogP contribution in [-0.2, 0) is 24.6 Å². The highest BCUT2D eigenvalue weighted by atomic mass is 32.2. The van der Waals surface area contributed by atoms with Gasteiger partial charge in [-0.1, -0.05) is 0 Å². The molecular formula is C22H23F3N6O3S. The molecule has 2 aromatic heterocycles. The summed E-state index contributed by atoms with van der Waals surface area (Å²) in [4.78, 5) is 19.7. The number of nitrogens with one attached hydrogen (secondary N) is 1. The molecule has 186 valence electrons. The summed E-state index contributed by atoms with van der Waals surface area (Å²) in [5.74, 6) is -0.284. The van der Waals surface area contributed by atoms with Gasteiger partial charge in [0.15, 0.2) is 10.7 Å². The van der Waals surface area contributed by atoms with Gasteiger partial charge in [0.05, 0.1) is 47.5 Å². The number of β-amino-alcohol motifs (C(OH)–C–C–N with tert-alkyl or cyclic N) is 1. The summed E-state index contributed by atoms with van der Waals surface area (Å²) in [6.45, 7) is 0.504. The van der Waals surface area contributed by atoms with Crippen molar-refractivity contribution >= 4 is 23.1 Å². The molecule has 0 spiro atoms. The number of anilines is 1. The number of aliphatic hydroxyl groups is 1. The Kier molecular flexibility index (Phi) is 7.03. The van der Waals surface area contributed by atoms with Crippen molar-refractivity contribution in [3.8, 4) is 11.3 Å². The Labute approximate surface area is 202 Å². The van der Waals surface area contributed by atoms with E-state index in [9.17, 15) is 27.6 Å². The molecule has 1 aromatic carbocycles. The second-order valence-corrected chi connectivity index (χ2v) is 9.57. The molecule has 35 heavy (non-hydrogen) atoms. The summed E-state index contributed by atoms with van der Waals surface area (Å²) in [7, 11) is 1.67. The lowest BCUT2D eigenvalue weighted by Gasteiger charge is -2.35. The number of carbonyl (C=O) groups excluding carboxylic acids is 1. The fourth-order valence-corrected chi connectivity index (χ4v) is 5.08. The SMILES string of the molecule is Cn1c(-c2ccc([S+]([O-])N3CC[C@@H](Nc4ccc(C(F)(F)F)cn4)[C@@H](O)C3)cc2)cnc1C(N)=O. The fourth-order valence-electron chi connectivity index (χ4n) is 3.86. The Balaban J connectivity index is 1.37. The smallest absolute Gasteiger partial charge is 0.417 e. The molecule has 1 amide bonds. The van der Waals surface area contributed by atoms with Crippen LogP contribution in [0.2, 0.25) is 0 Å². The molecule has 1 aliphatic heterocycles. The maximum Gasteiger partial charge on any atom is 0.417 e. The largest absolute Gasteiger partial charge is 0.593 e. The van der Waals surface area contributed by atoms with Crippen LogP contribution in [0.15, 0.2) is 53.7 Å². The molecule has 1 aliphatic rings. The molecule has 13 heteroatoms. The minimum atomic E-state index is -4.47. The number of rotatable bonds is 6. The van der Waals surface area contributed by atoms with Crippen LogP contribution in [0.3, 0.4) is 0 Å². The van der Waals surface area contributed by atoms with Crippen molar-refractivity contribution in [2.24, 2.45) is 12.8 Å². The molecule has 0 aliphatic carbocycles. The van der Waals surface area contributed by atoms with Gasteiger partial charge in [0.25, 0.3) is 5.91 Å². The predicted molar refractivity (Wildman–Crippen MR) is 122 cm³/mol. The van der Waals surface area contributed by atoms with Crippen molar-refractivity contribution in [2.75, 3.05) is 18.4 Å². The minimum absolute atomic E-state index is 0.108. The number of halogens is 3. The van der Waals surface area contributed by atoms with Gasteiger partial charge in [-0.2, -0.15) is 13.2 Å². The maximum absolute atomic E-state index is 13.1. The first-order valence-corrected chi connectivity index (χ1v) is 11.7. The summed E-state index contributed by atoms with van der Waals surface area (Å²) in [6, 6.07) is 8.62. The van der Waals surface area contributed by atoms with E-state index >= 15 is 0 Å². The first-order valence-electron chi connectivity index (χ1n) is 10.6. The monoisotopic (exact) mass is 508 g/mol. The summed E-state index contributed by atoms with van der Waals surface area (Å²) >= 11 is -1.53. The lowest BCUT2D eigenvalue weighted by atomic mass is 10.0. The number of hydrogen-bond donors (Lipinski definition) is 3. The zero-order valence-corrected chi connectivity index (χ0v) is 19.4. The van der Waals surface area contributed by atoms with Crippen LogP contribution in [0.1, 0.15) is 22.6 Å². The number of carbonyl (C=O) groups is 1. The zero-order valence-electron chi connectivity index (χ0n) is 18.6. The number of piperidine rings is 1. The van der Waals surface area contributed by atoms with Gasteiger partial charge in [0.2, 0.25) is 0 Å². The highest BCUT2D eigenvalue weighted by Gasteiger charge is 2.35. The van der Waals surface area contributed by atoms with E-state index < -0.39 is 41.2 Å². The van der Waals surface area contributed by atoms with E-state index in [2.05, 4.69) is 15.3 Å². The number of nitrogens with zero attached hydrogens (tertiary/aromatic N) is 4. The van der Waals surface area contributed by atoms with E-state index in [0.717, 1.165) is 17.8 Å². The number of aliphatic hydroxyl groups excluding tert-OH is 1. The van der Waals surface area contributed by atoms with E-state index in [4.69, 9.17) is 5.73 Å². The molecule has 0 saturated carbocycles. The molecule has 1 saturated heterocycles.